The molecule has 19 heavy (non-hydrogen) atoms. The maximum Gasteiger partial charge on any atom is 0.356 e. The van der Waals surface area contributed by atoms with Gasteiger partial charge in [-0.3, -0.25) is 4.40 Å². The number of imidazole rings is 1. The highest BCUT2D eigenvalue weighted by atomic mass is 16.4. The zero-order valence-electron chi connectivity index (χ0n) is 10.7. The van der Waals surface area contributed by atoms with Crippen LogP contribution in [0.15, 0.2) is 24.4 Å². The predicted octanol–water partition coefficient (Wildman–Crippen LogP) is 2.41. The number of hydrogen-bond acceptors (Lipinski definition) is 3. The van der Waals surface area contributed by atoms with Crippen LogP contribution in [-0.4, -0.2) is 33.6 Å². The van der Waals surface area contributed by atoms with Crippen LogP contribution in [0.25, 0.3) is 5.65 Å². The molecule has 5 nitrogen and oxygen atoms in total. The third-order valence-electron chi connectivity index (χ3n) is 3.62. The topological polar surface area (TPSA) is 57.8 Å². The van der Waals surface area contributed by atoms with Gasteiger partial charge in [-0.05, 0) is 25.0 Å². The number of rotatable bonds is 2. The van der Waals surface area contributed by atoms with Crippen LogP contribution in [0.2, 0.25) is 0 Å². The van der Waals surface area contributed by atoms with E-state index in [4.69, 9.17) is 0 Å². The first-order chi connectivity index (χ1) is 9.27. The summed E-state index contributed by atoms with van der Waals surface area (Å²) >= 11 is 0. The van der Waals surface area contributed by atoms with Crippen molar-refractivity contribution in [2.75, 3.05) is 18.0 Å². The number of pyridine rings is 1. The molecule has 1 fully saturated rings. The number of hydrogen-bond donors (Lipinski definition) is 1. The summed E-state index contributed by atoms with van der Waals surface area (Å²) in [7, 11) is 0. The van der Waals surface area contributed by atoms with Gasteiger partial charge in [-0.2, -0.15) is 0 Å². The molecule has 1 saturated heterocycles. The van der Waals surface area contributed by atoms with E-state index in [0.717, 1.165) is 25.9 Å². The van der Waals surface area contributed by atoms with Crippen molar-refractivity contribution in [2.24, 2.45) is 0 Å². The van der Waals surface area contributed by atoms with E-state index in [9.17, 15) is 9.90 Å². The number of carboxylic acid groups (broad SMARTS) is 1. The summed E-state index contributed by atoms with van der Waals surface area (Å²) < 4.78 is 1.66. The Morgan fingerprint density at radius 3 is 2.58 bits per heavy atom. The Labute approximate surface area is 111 Å². The summed E-state index contributed by atoms with van der Waals surface area (Å²) in [6.45, 7) is 1.79. The lowest BCUT2D eigenvalue weighted by molar-refractivity contribution is 0.0690. The van der Waals surface area contributed by atoms with Crippen molar-refractivity contribution in [1.29, 1.82) is 0 Å². The van der Waals surface area contributed by atoms with Crippen LogP contribution in [0.1, 0.15) is 36.2 Å². The summed E-state index contributed by atoms with van der Waals surface area (Å²) in [6, 6.07) is 5.54. The molecular weight excluding hydrogens is 242 g/mol. The number of anilines is 1. The number of fused-ring (bicyclic) bond motifs is 1. The number of nitrogens with zero attached hydrogens (tertiary/aromatic N) is 3. The first-order valence-electron chi connectivity index (χ1n) is 6.73. The molecule has 1 N–H and O–H groups in total. The van der Waals surface area contributed by atoms with Crippen molar-refractivity contribution in [3.63, 3.8) is 0 Å². The molecule has 0 amide bonds. The van der Waals surface area contributed by atoms with E-state index in [1.165, 1.54) is 12.8 Å². The van der Waals surface area contributed by atoms with Crippen LogP contribution in [-0.2, 0) is 0 Å². The molecule has 100 valence electrons. The largest absolute Gasteiger partial charge is 0.476 e. The number of aromatic carboxylic acids is 1. The standard InChI is InChI=1S/C14H17N3O2/c18-14(19)12-13(16-8-4-1-2-5-9-16)15-11-7-3-6-10-17(11)12/h3,6-7,10H,1-2,4-5,8-9H2,(H,18,19). The Bertz CT molecular complexity index is 598. The van der Waals surface area contributed by atoms with Gasteiger partial charge in [-0.1, -0.05) is 18.9 Å². The smallest absolute Gasteiger partial charge is 0.356 e. The summed E-state index contributed by atoms with van der Waals surface area (Å²) in [6.07, 6.45) is 6.39. The van der Waals surface area contributed by atoms with E-state index in [-0.39, 0.29) is 5.69 Å². The van der Waals surface area contributed by atoms with Gasteiger partial charge in [0.05, 0.1) is 0 Å². The van der Waals surface area contributed by atoms with Gasteiger partial charge in [-0.15, -0.1) is 0 Å². The molecule has 0 radical (unpaired) electrons. The zero-order chi connectivity index (χ0) is 13.2. The second-order valence-electron chi connectivity index (χ2n) is 4.92. The number of carboxylic acids is 1. The Kier molecular flexibility index (Phi) is 3.11. The maximum absolute atomic E-state index is 11.5. The van der Waals surface area contributed by atoms with E-state index in [0.29, 0.717) is 11.5 Å². The summed E-state index contributed by atoms with van der Waals surface area (Å²) in [5, 5.41) is 9.47. The molecule has 1 aliphatic heterocycles. The van der Waals surface area contributed by atoms with E-state index < -0.39 is 5.97 Å². The van der Waals surface area contributed by atoms with E-state index in [1.807, 2.05) is 18.2 Å². The monoisotopic (exact) mass is 259 g/mol. The third-order valence-corrected chi connectivity index (χ3v) is 3.62. The van der Waals surface area contributed by atoms with Gasteiger partial charge in [0, 0.05) is 19.3 Å². The molecule has 2 aromatic rings. The second-order valence-corrected chi connectivity index (χ2v) is 4.92. The number of carbonyl (C=O) groups is 1. The fourth-order valence-electron chi connectivity index (χ4n) is 2.69. The Morgan fingerprint density at radius 1 is 1.16 bits per heavy atom. The molecule has 0 unspecified atom stereocenters. The van der Waals surface area contributed by atoms with E-state index in [2.05, 4.69) is 9.88 Å². The van der Waals surface area contributed by atoms with Crippen LogP contribution in [0, 0.1) is 0 Å². The van der Waals surface area contributed by atoms with Crippen LogP contribution in [0.5, 0.6) is 0 Å². The lowest BCUT2D eigenvalue weighted by Crippen LogP contribution is -2.26. The van der Waals surface area contributed by atoms with Crippen LogP contribution >= 0.6 is 0 Å². The van der Waals surface area contributed by atoms with Gasteiger partial charge in [0.15, 0.2) is 11.5 Å². The highest BCUT2D eigenvalue weighted by Crippen LogP contribution is 2.24. The average Bonchev–Trinajstić information content (AvgIpc) is 2.59. The molecule has 0 spiro atoms. The first-order valence-corrected chi connectivity index (χ1v) is 6.73. The van der Waals surface area contributed by atoms with Crippen molar-refractivity contribution in [3.05, 3.63) is 30.1 Å². The minimum atomic E-state index is -0.919. The maximum atomic E-state index is 11.5. The highest BCUT2D eigenvalue weighted by Gasteiger charge is 2.23. The molecule has 0 aromatic carbocycles. The average molecular weight is 259 g/mol. The van der Waals surface area contributed by atoms with Gasteiger partial charge >= 0.3 is 5.97 Å². The van der Waals surface area contributed by atoms with E-state index in [1.54, 1.807) is 10.6 Å². The molecule has 0 saturated carbocycles. The Morgan fingerprint density at radius 2 is 1.89 bits per heavy atom. The fourth-order valence-corrected chi connectivity index (χ4v) is 2.69. The lowest BCUT2D eigenvalue weighted by atomic mass is 10.2. The van der Waals surface area contributed by atoms with Crippen LogP contribution in [0.4, 0.5) is 5.82 Å². The zero-order valence-corrected chi connectivity index (χ0v) is 10.7. The van der Waals surface area contributed by atoms with E-state index >= 15 is 0 Å². The van der Waals surface area contributed by atoms with Crippen LogP contribution in [0.3, 0.4) is 0 Å². The molecule has 3 heterocycles. The lowest BCUT2D eigenvalue weighted by Gasteiger charge is -2.20. The minimum Gasteiger partial charge on any atom is -0.476 e. The molecule has 5 heteroatoms. The molecule has 3 rings (SSSR count). The van der Waals surface area contributed by atoms with Crippen molar-refractivity contribution in [3.8, 4) is 0 Å². The van der Waals surface area contributed by atoms with Crippen molar-refractivity contribution in [2.45, 2.75) is 25.7 Å². The third kappa shape index (κ3) is 2.16. The van der Waals surface area contributed by atoms with Crippen molar-refractivity contribution in [1.82, 2.24) is 9.38 Å². The molecule has 0 aliphatic carbocycles. The van der Waals surface area contributed by atoms with Crippen molar-refractivity contribution >= 4 is 17.4 Å². The Hall–Kier alpha value is -2.04. The van der Waals surface area contributed by atoms with Crippen LogP contribution < -0.4 is 4.90 Å². The summed E-state index contributed by atoms with van der Waals surface area (Å²) in [5.41, 5.74) is 0.969. The second kappa shape index (κ2) is 4.91. The molecular formula is C14H17N3O2. The van der Waals surface area contributed by atoms with Gasteiger partial charge in [0.1, 0.15) is 5.65 Å². The quantitative estimate of drug-likeness (QED) is 0.899. The Balaban J connectivity index is 2.10. The minimum absolute atomic E-state index is 0.275. The molecule has 0 bridgehead atoms. The first kappa shape index (κ1) is 12.0. The number of aromatic nitrogens is 2. The SMILES string of the molecule is O=C(O)c1c(N2CCCCCC2)nc2ccccn12. The summed E-state index contributed by atoms with van der Waals surface area (Å²) in [4.78, 5) is 18.2. The van der Waals surface area contributed by atoms with Gasteiger partial charge < -0.3 is 10.0 Å². The summed E-state index contributed by atoms with van der Waals surface area (Å²) in [5.74, 6) is -0.307. The normalized spacial score (nSPS) is 16.5. The molecule has 1 aliphatic rings. The molecule has 0 atom stereocenters. The van der Waals surface area contributed by atoms with Gasteiger partial charge in [0.2, 0.25) is 0 Å². The molecule has 2 aromatic heterocycles. The van der Waals surface area contributed by atoms with Gasteiger partial charge in [-0.25, -0.2) is 9.78 Å². The predicted molar refractivity (Wildman–Crippen MR) is 72.8 cm³/mol. The highest BCUT2D eigenvalue weighted by molar-refractivity contribution is 5.93. The van der Waals surface area contributed by atoms with Gasteiger partial charge in [0.25, 0.3) is 0 Å². The fraction of sp³-hybridized carbons (Fsp3) is 0.429. The van der Waals surface area contributed by atoms with Crippen molar-refractivity contribution < 1.29 is 9.90 Å².